The molecule has 1 amide bonds. The number of hydrogen-bond acceptors (Lipinski definition) is 7. The molecule has 7 nitrogen and oxygen atoms in total. The van der Waals surface area contributed by atoms with Gasteiger partial charge in [-0.2, -0.15) is 0 Å². The van der Waals surface area contributed by atoms with Gasteiger partial charge in [0.15, 0.2) is 0 Å². The van der Waals surface area contributed by atoms with Gasteiger partial charge in [0.1, 0.15) is 10.6 Å². The Morgan fingerprint density at radius 1 is 1.29 bits per heavy atom. The van der Waals surface area contributed by atoms with E-state index in [0.717, 1.165) is 9.88 Å². The van der Waals surface area contributed by atoms with Gasteiger partial charge in [0.05, 0.1) is 19.6 Å². The van der Waals surface area contributed by atoms with E-state index in [2.05, 4.69) is 14.6 Å². The third kappa shape index (κ3) is 6.35. The highest BCUT2D eigenvalue weighted by atomic mass is 32.1. The van der Waals surface area contributed by atoms with E-state index in [4.69, 9.17) is 4.74 Å². The molecule has 0 saturated carbocycles. The number of esters is 1. The summed E-state index contributed by atoms with van der Waals surface area (Å²) in [6.45, 7) is 6.49. The summed E-state index contributed by atoms with van der Waals surface area (Å²) in [5.74, 6) is -2.89. The first kappa shape index (κ1) is 23.8. The van der Waals surface area contributed by atoms with Crippen LogP contribution in [0.1, 0.15) is 62.4 Å². The molecule has 2 aliphatic rings. The van der Waals surface area contributed by atoms with Gasteiger partial charge in [-0.3, -0.25) is 14.6 Å². The molecule has 0 bridgehead atoms. The van der Waals surface area contributed by atoms with Crippen LogP contribution < -0.4 is 0 Å². The lowest BCUT2D eigenvalue weighted by molar-refractivity contribution is -0.140. The van der Waals surface area contributed by atoms with Gasteiger partial charge in [0.25, 0.3) is 5.92 Å². The molecular formula is C21H31F2N3O4S. The SMILES string of the molecule is COC(=O)CCc1cnc([C@@H]2C[C@H](N3CCC(F)(F)CC3)CN2C(=O)OC(C)(C)C)s1. The Kier molecular flexibility index (Phi) is 7.20. The number of carbonyl (C=O) groups is 2. The molecule has 0 aliphatic carbocycles. The van der Waals surface area contributed by atoms with Crippen LogP contribution in [0.2, 0.25) is 0 Å². The molecule has 2 atom stereocenters. The standard InChI is InChI=1S/C21H31F2N3O4S/c1-20(2,3)30-19(28)26-13-14(25-9-7-21(22,23)8-10-25)11-16(26)18-24-12-15(31-18)5-6-17(27)29-4/h12,14,16H,5-11,13H2,1-4H3/t14-,16-/m0/s1. The summed E-state index contributed by atoms with van der Waals surface area (Å²) in [5, 5.41) is 0.774. The summed E-state index contributed by atoms with van der Waals surface area (Å²) in [6.07, 6.45) is 2.40. The van der Waals surface area contributed by atoms with Crippen molar-refractivity contribution in [2.75, 3.05) is 26.7 Å². The lowest BCUT2D eigenvalue weighted by Crippen LogP contribution is -2.46. The van der Waals surface area contributed by atoms with Crippen LogP contribution in [0.15, 0.2) is 6.20 Å². The number of rotatable bonds is 5. The molecule has 174 valence electrons. The first-order chi connectivity index (χ1) is 14.5. The Morgan fingerprint density at radius 2 is 1.97 bits per heavy atom. The number of nitrogens with zero attached hydrogens (tertiary/aromatic N) is 3. The van der Waals surface area contributed by atoms with Gasteiger partial charge < -0.3 is 9.47 Å². The third-order valence-electron chi connectivity index (χ3n) is 5.61. The van der Waals surface area contributed by atoms with E-state index in [1.54, 1.807) is 11.1 Å². The van der Waals surface area contributed by atoms with Crippen molar-refractivity contribution < 1.29 is 27.8 Å². The highest BCUT2D eigenvalue weighted by molar-refractivity contribution is 7.11. The predicted molar refractivity (Wildman–Crippen MR) is 112 cm³/mol. The Morgan fingerprint density at radius 3 is 2.58 bits per heavy atom. The zero-order valence-corrected chi connectivity index (χ0v) is 19.3. The Balaban J connectivity index is 1.74. The number of hydrogen-bond donors (Lipinski definition) is 0. The molecule has 1 aromatic rings. The average Bonchev–Trinajstić information content (AvgIpc) is 3.31. The summed E-state index contributed by atoms with van der Waals surface area (Å²) >= 11 is 1.46. The van der Waals surface area contributed by atoms with E-state index in [0.29, 0.717) is 32.5 Å². The van der Waals surface area contributed by atoms with E-state index in [1.165, 1.54) is 18.4 Å². The number of alkyl halides is 2. The van der Waals surface area contributed by atoms with Crippen LogP contribution in [-0.2, 0) is 20.7 Å². The molecule has 31 heavy (non-hydrogen) atoms. The largest absolute Gasteiger partial charge is 0.469 e. The lowest BCUT2D eigenvalue weighted by Gasteiger charge is -2.35. The van der Waals surface area contributed by atoms with Crippen molar-refractivity contribution in [3.05, 3.63) is 16.1 Å². The number of aryl methyl sites for hydroxylation is 1. The van der Waals surface area contributed by atoms with Gasteiger partial charge in [-0.05, 0) is 33.6 Å². The van der Waals surface area contributed by atoms with Crippen LogP contribution in [0.5, 0.6) is 0 Å². The molecule has 1 aromatic heterocycles. The minimum absolute atomic E-state index is 0.0176. The van der Waals surface area contributed by atoms with Gasteiger partial charge >= 0.3 is 12.1 Å². The minimum atomic E-state index is -2.61. The number of aromatic nitrogens is 1. The Hall–Kier alpha value is -1.81. The quantitative estimate of drug-likeness (QED) is 0.619. The maximum Gasteiger partial charge on any atom is 0.410 e. The molecule has 3 heterocycles. The summed E-state index contributed by atoms with van der Waals surface area (Å²) in [7, 11) is 1.36. The molecule has 2 fully saturated rings. The zero-order valence-electron chi connectivity index (χ0n) is 18.5. The molecule has 3 rings (SSSR count). The maximum atomic E-state index is 13.6. The van der Waals surface area contributed by atoms with Crippen LogP contribution in [0.25, 0.3) is 0 Å². The van der Waals surface area contributed by atoms with Crippen molar-refractivity contribution in [1.29, 1.82) is 0 Å². The molecule has 2 aliphatic heterocycles. The number of carbonyl (C=O) groups excluding carboxylic acids is 2. The molecule has 0 radical (unpaired) electrons. The second-order valence-electron chi connectivity index (χ2n) is 9.17. The Labute approximate surface area is 185 Å². The maximum absolute atomic E-state index is 13.6. The molecule has 2 saturated heterocycles. The fourth-order valence-electron chi connectivity index (χ4n) is 3.97. The van der Waals surface area contributed by atoms with Crippen molar-refractivity contribution in [2.45, 2.75) is 76.5 Å². The van der Waals surface area contributed by atoms with Gasteiger partial charge in [0, 0.05) is 49.6 Å². The number of amides is 1. The highest BCUT2D eigenvalue weighted by Gasteiger charge is 2.44. The second-order valence-corrected chi connectivity index (χ2v) is 10.3. The normalized spacial score (nSPS) is 24.3. The summed E-state index contributed by atoms with van der Waals surface area (Å²) in [4.78, 5) is 33.5. The fourth-order valence-corrected chi connectivity index (χ4v) is 5.01. The van der Waals surface area contributed by atoms with E-state index in [1.807, 2.05) is 20.8 Å². The van der Waals surface area contributed by atoms with E-state index in [9.17, 15) is 18.4 Å². The zero-order chi connectivity index (χ0) is 22.8. The predicted octanol–water partition coefficient (Wildman–Crippen LogP) is 4.03. The average molecular weight is 460 g/mol. The summed E-state index contributed by atoms with van der Waals surface area (Å²) in [6, 6.07) is -0.296. The van der Waals surface area contributed by atoms with Gasteiger partial charge in [-0.1, -0.05) is 0 Å². The first-order valence-electron chi connectivity index (χ1n) is 10.6. The minimum Gasteiger partial charge on any atom is -0.469 e. The molecular weight excluding hydrogens is 428 g/mol. The van der Waals surface area contributed by atoms with Crippen LogP contribution in [0, 0.1) is 0 Å². The lowest BCUT2D eigenvalue weighted by atomic mass is 10.0. The van der Waals surface area contributed by atoms with Crippen molar-refractivity contribution in [3.63, 3.8) is 0 Å². The van der Waals surface area contributed by atoms with Gasteiger partial charge in [0.2, 0.25) is 0 Å². The molecule has 0 aromatic carbocycles. The third-order valence-corrected chi connectivity index (χ3v) is 6.77. The fraction of sp³-hybridized carbons (Fsp3) is 0.762. The summed E-state index contributed by atoms with van der Waals surface area (Å²) in [5.41, 5.74) is -0.637. The van der Waals surface area contributed by atoms with Crippen molar-refractivity contribution in [3.8, 4) is 0 Å². The number of methoxy groups -OCH3 is 1. The van der Waals surface area contributed by atoms with E-state index >= 15 is 0 Å². The van der Waals surface area contributed by atoms with Crippen molar-refractivity contribution in [2.24, 2.45) is 0 Å². The van der Waals surface area contributed by atoms with Crippen LogP contribution in [0.3, 0.4) is 0 Å². The molecule has 10 heteroatoms. The van der Waals surface area contributed by atoms with E-state index < -0.39 is 17.6 Å². The first-order valence-corrected chi connectivity index (χ1v) is 11.4. The molecule has 0 N–H and O–H groups in total. The van der Waals surface area contributed by atoms with Gasteiger partial charge in [-0.25, -0.2) is 18.6 Å². The van der Waals surface area contributed by atoms with Crippen LogP contribution in [-0.4, -0.2) is 71.2 Å². The highest BCUT2D eigenvalue weighted by Crippen LogP contribution is 2.39. The smallest absolute Gasteiger partial charge is 0.410 e. The Bertz CT molecular complexity index is 786. The van der Waals surface area contributed by atoms with Crippen molar-refractivity contribution >= 4 is 23.4 Å². The monoisotopic (exact) mass is 459 g/mol. The van der Waals surface area contributed by atoms with Crippen molar-refractivity contribution in [1.82, 2.24) is 14.8 Å². The van der Waals surface area contributed by atoms with Gasteiger partial charge in [-0.15, -0.1) is 11.3 Å². The molecule has 0 unspecified atom stereocenters. The molecule has 0 spiro atoms. The topological polar surface area (TPSA) is 72.0 Å². The van der Waals surface area contributed by atoms with E-state index in [-0.39, 0.29) is 37.3 Å². The number of likely N-dealkylation sites (tertiary alicyclic amines) is 2. The number of thiazole rings is 1. The van der Waals surface area contributed by atoms with Crippen LogP contribution >= 0.6 is 11.3 Å². The van der Waals surface area contributed by atoms with Crippen LogP contribution in [0.4, 0.5) is 13.6 Å². The number of ether oxygens (including phenoxy) is 2. The number of piperidine rings is 1. The number of halogens is 2. The second kappa shape index (κ2) is 9.36. The summed E-state index contributed by atoms with van der Waals surface area (Å²) < 4.78 is 37.5.